The van der Waals surface area contributed by atoms with Crippen LogP contribution >= 0.6 is 0 Å². The number of pyridine rings is 1. The van der Waals surface area contributed by atoms with Gasteiger partial charge in [0.2, 0.25) is 0 Å². The van der Waals surface area contributed by atoms with E-state index in [4.69, 9.17) is 9.72 Å². The van der Waals surface area contributed by atoms with Crippen LogP contribution in [-0.4, -0.2) is 31.8 Å². The quantitative estimate of drug-likeness (QED) is 0.417. The third kappa shape index (κ3) is 3.65. The smallest absolute Gasteiger partial charge is 0.156 e. The molecule has 7 heteroatoms. The fourth-order valence-electron chi connectivity index (χ4n) is 3.73. The second-order valence-electron chi connectivity index (χ2n) is 7.52. The van der Waals surface area contributed by atoms with Crippen LogP contribution in [0.4, 0.5) is 11.6 Å². The van der Waals surface area contributed by atoms with E-state index in [0.717, 1.165) is 45.0 Å². The van der Waals surface area contributed by atoms with Crippen LogP contribution in [0, 0.1) is 13.8 Å². The average molecular weight is 422 g/mol. The van der Waals surface area contributed by atoms with Crippen molar-refractivity contribution in [2.45, 2.75) is 13.8 Å². The van der Waals surface area contributed by atoms with Gasteiger partial charge >= 0.3 is 0 Å². The fourth-order valence-corrected chi connectivity index (χ4v) is 3.73. The number of anilines is 2. The number of aromatic nitrogens is 5. The molecule has 5 aromatic rings. The molecule has 0 aliphatic carbocycles. The first-order valence-corrected chi connectivity index (χ1v) is 10.3. The topological polar surface area (TPSA) is 77.8 Å². The van der Waals surface area contributed by atoms with Gasteiger partial charge in [-0.05, 0) is 31.5 Å². The molecule has 3 heterocycles. The molecular formula is C25H22N6O. The van der Waals surface area contributed by atoms with Gasteiger partial charge in [0.05, 0.1) is 18.5 Å². The maximum absolute atomic E-state index is 5.53. The minimum atomic E-state index is 0.676. The van der Waals surface area contributed by atoms with Crippen LogP contribution in [0.2, 0.25) is 0 Å². The van der Waals surface area contributed by atoms with E-state index in [9.17, 15) is 0 Å². The molecule has 0 fully saturated rings. The molecule has 0 amide bonds. The van der Waals surface area contributed by atoms with Gasteiger partial charge in [-0.15, -0.1) is 0 Å². The zero-order chi connectivity index (χ0) is 22.1. The Balaban J connectivity index is 1.56. The van der Waals surface area contributed by atoms with E-state index in [1.807, 2.05) is 73.7 Å². The lowest BCUT2D eigenvalue weighted by molar-refractivity contribution is 0.419. The van der Waals surface area contributed by atoms with Crippen LogP contribution in [0.3, 0.4) is 0 Å². The van der Waals surface area contributed by atoms with Crippen molar-refractivity contribution in [2.75, 3.05) is 12.4 Å². The second-order valence-corrected chi connectivity index (χ2v) is 7.52. The first-order chi connectivity index (χ1) is 15.6. The van der Waals surface area contributed by atoms with Crippen LogP contribution in [0.1, 0.15) is 11.3 Å². The summed E-state index contributed by atoms with van der Waals surface area (Å²) in [5.41, 5.74) is 4.63. The van der Waals surface area contributed by atoms with Crippen molar-refractivity contribution in [3.8, 4) is 22.8 Å². The molecule has 0 atom stereocenters. The first-order valence-electron chi connectivity index (χ1n) is 10.3. The van der Waals surface area contributed by atoms with Gasteiger partial charge in [-0.2, -0.15) is 9.78 Å². The Kier molecular flexibility index (Phi) is 4.99. The molecule has 1 N–H and O–H groups in total. The Morgan fingerprint density at radius 1 is 0.906 bits per heavy atom. The van der Waals surface area contributed by atoms with Gasteiger partial charge in [-0.1, -0.05) is 42.5 Å². The first kappa shape index (κ1) is 19.7. The Hall–Kier alpha value is -4.26. The molecule has 32 heavy (non-hydrogen) atoms. The SMILES string of the molecule is COc1cccc2c(C)cc(-n3nc(C)cc3Nc3cc(-c4ccccc4)ncn3)nc12. The lowest BCUT2D eigenvalue weighted by Crippen LogP contribution is -2.06. The normalized spacial score (nSPS) is 11.0. The van der Waals surface area contributed by atoms with E-state index in [-0.39, 0.29) is 0 Å². The molecule has 0 spiro atoms. The van der Waals surface area contributed by atoms with Crippen molar-refractivity contribution < 1.29 is 4.74 Å². The molecule has 158 valence electrons. The predicted octanol–water partition coefficient (Wildman–Crippen LogP) is 5.25. The van der Waals surface area contributed by atoms with Crippen molar-refractivity contribution in [3.63, 3.8) is 0 Å². The zero-order valence-electron chi connectivity index (χ0n) is 18.1. The number of para-hydroxylation sites is 1. The fraction of sp³-hybridized carbons (Fsp3) is 0.120. The predicted molar refractivity (Wildman–Crippen MR) is 126 cm³/mol. The molecule has 0 aliphatic heterocycles. The maximum atomic E-state index is 5.53. The number of hydrogen-bond acceptors (Lipinski definition) is 6. The number of nitrogens with one attached hydrogen (secondary N) is 1. The molecule has 0 unspecified atom stereocenters. The summed E-state index contributed by atoms with van der Waals surface area (Å²) in [6.07, 6.45) is 1.56. The van der Waals surface area contributed by atoms with Gasteiger partial charge in [0.15, 0.2) is 5.82 Å². The lowest BCUT2D eigenvalue weighted by atomic mass is 10.1. The summed E-state index contributed by atoms with van der Waals surface area (Å²) in [5.74, 6) is 2.87. The minimum absolute atomic E-state index is 0.676. The van der Waals surface area contributed by atoms with E-state index in [2.05, 4.69) is 27.3 Å². The number of hydrogen-bond donors (Lipinski definition) is 1. The van der Waals surface area contributed by atoms with E-state index in [1.54, 1.807) is 18.1 Å². The summed E-state index contributed by atoms with van der Waals surface area (Å²) < 4.78 is 7.33. The Morgan fingerprint density at radius 2 is 1.75 bits per heavy atom. The number of methoxy groups -OCH3 is 1. The van der Waals surface area contributed by atoms with Gasteiger partial charge in [-0.3, -0.25) is 0 Å². The Bertz CT molecular complexity index is 1410. The monoisotopic (exact) mass is 422 g/mol. The summed E-state index contributed by atoms with van der Waals surface area (Å²) >= 11 is 0. The highest BCUT2D eigenvalue weighted by Gasteiger charge is 2.14. The molecule has 0 bridgehead atoms. The summed E-state index contributed by atoms with van der Waals surface area (Å²) in [6.45, 7) is 4.01. The van der Waals surface area contributed by atoms with Crippen LogP contribution in [0.5, 0.6) is 5.75 Å². The van der Waals surface area contributed by atoms with Crippen LogP contribution in [-0.2, 0) is 0 Å². The van der Waals surface area contributed by atoms with Crippen molar-refractivity contribution in [3.05, 3.63) is 84.3 Å². The molecule has 7 nitrogen and oxygen atoms in total. The molecule has 0 saturated heterocycles. The Labute approximate surface area is 185 Å². The summed E-state index contributed by atoms with van der Waals surface area (Å²) in [6, 6.07) is 21.9. The molecular weight excluding hydrogens is 400 g/mol. The standard InChI is InChI=1S/C25H22N6O/c1-16-12-23(29-25-19(16)10-7-11-21(25)32-3)31-24(13-17(2)30-31)28-22-14-20(26-15-27-22)18-8-5-4-6-9-18/h4-15H,1-3H3,(H,26,27,28). The number of nitrogens with zero attached hydrogens (tertiary/aromatic N) is 5. The minimum Gasteiger partial charge on any atom is -0.494 e. The van der Waals surface area contributed by atoms with Gasteiger partial charge in [0, 0.05) is 23.1 Å². The molecule has 2 aromatic carbocycles. The van der Waals surface area contributed by atoms with Crippen LogP contribution in [0.15, 0.2) is 73.1 Å². The lowest BCUT2D eigenvalue weighted by Gasteiger charge is -2.12. The van der Waals surface area contributed by atoms with Crippen molar-refractivity contribution in [1.29, 1.82) is 0 Å². The number of rotatable bonds is 5. The third-order valence-corrected chi connectivity index (χ3v) is 5.26. The summed E-state index contributed by atoms with van der Waals surface area (Å²) in [5, 5.41) is 9.10. The number of benzene rings is 2. The van der Waals surface area contributed by atoms with E-state index >= 15 is 0 Å². The van der Waals surface area contributed by atoms with Crippen molar-refractivity contribution in [1.82, 2.24) is 24.7 Å². The average Bonchev–Trinajstić information content (AvgIpc) is 3.19. The zero-order valence-corrected chi connectivity index (χ0v) is 18.1. The van der Waals surface area contributed by atoms with E-state index in [0.29, 0.717) is 11.6 Å². The maximum Gasteiger partial charge on any atom is 0.156 e. The van der Waals surface area contributed by atoms with Gasteiger partial charge in [0.1, 0.15) is 29.2 Å². The number of aryl methyl sites for hydroxylation is 2. The molecule has 5 rings (SSSR count). The van der Waals surface area contributed by atoms with Crippen molar-refractivity contribution >= 4 is 22.5 Å². The van der Waals surface area contributed by atoms with E-state index < -0.39 is 0 Å². The second kappa shape index (κ2) is 8.11. The molecule has 0 aliphatic rings. The van der Waals surface area contributed by atoms with Gasteiger partial charge in [0.25, 0.3) is 0 Å². The summed E-state index contributed by atoms with van der Waals surface area (Å²) in [4.78, 5) is 13.7. The van der Waals surface area contributed by atoms with Crippen molar-refractivity contribution in [2.24, 2.45) is 0 Å². The highest BCUT2D eigenvalue weighted by atomic mass is 16.5. The third-order valence-electron chi connectivity index (χ3n) is 5.26. The van der Waals surface area contributed by atoms with E-state index in [1.165, 1.54) is 0 Å². The highest BCUT2D eigenvalue weighted by molar-refractivity contribution is 5.88. The number of fused-ring (bicyclic) bond motifs is 1. The molecule has 0 radical (unpaired) electrons. The summed E-state index contributed by atoms with van der Waals surface area (Å²) in [7, 11) is 1.66. The molecule has 0 saturated carbocycles. The van der Waals surface area contributed by atoms with Crippen LogP contribution in [0.25, 0.3) is 28.0 Å². The molecule has 3 aromatic heterocycles. The Morgan fingerprint density at radius 3 is 2.56 bits per heavy atom. The highest BCUT2D eigenvalue weighted by Crippen LogP contribution is 2.29. The number of ether oxygens (including phenoxy) is 1. The van der Waals surface area contributed by atoms with Crippen LogP contribution < -0.4 is 10.1 Å². The largest absolute Gasteiger partial charge is 0.494 e. The van der Waals surface area contributed by atoms with Gasteiger partial charge in [-0.25, -0.2) is 15.0 Å². The van der Waals surface area contributed by atoms with Gasteiger partial charge < -0.3 is 10.1 Å².